The van der Waals surface area contributed by atoms with E-state index in [-0.39, 0.29) is 5.96 Å². The van der Waals surface area contributed by atoms with Gasteiger partial charge in [-0.1, -0.05) is 54.6 Å². The molecule has 29 heavy (non-hydrogen) atoms. The molecular formula is C25H24N4. The monoisotopic (exact) mass is 380 g/mol. The zero-order valence-electron chi connectivity index (χ0n) is 16.7. The van der Waals surface area contributed by atoms with Crippen LogP contribution in [0.5, 0.6) is 0 Å². The number of aromatic nitrogens is 1. The highest BCUT2D eigenvalue weighted by molar-refractivity contribution is 5.90. The van der Waals surface area contributed by atoms with Crippen LogP contribution >= 0.6 is 0 Å². The fourth-order valence-electron chi connectivity index (χ4n) is 3.52. The van der Waals surface area contributed by atoms with Gasteiger partial charge in [-0.25, -0.2) is 4.99 Å². The Morgan fingerprint density at radius 1 is 0.793 bits per heavy atom. The third-order valence-corrected chi connectivity index (χ3v) is 5.20. The largest absolute Gasteiger partial charge is 0.370 e. The zero-order valence-corrected chi connectivity index (χ0v) is 16.7. The molecule has 1 heterocycles. The zero-order chi connectivity index (χ0) is 20.4. The van der Waals surface area contributed by atoms with Crippen molar-refractivity contribution >= 4 is 16.7 Å². The van der Waals surface area contributed by atoms with Crippen LogP contribution in [0.15, 0.2) is 77.8 Å². The molecule has 0 unspecified atom stereocenters. The molecule has 0 fully saturated rings. The number of fused-ring (bicyclic) bond motifs is 1. The fourth-order valence-corrected chi connectivity index (χ4v) is 3.52. The third kappa shape index (κ3) is 3.97. The third-order valence-electron chi connectivity index (χ3n) is 5.20. The molecule has 4 aromatic rings. The highest BCUT2D eigenvalue weighted by Crippen LogP contribution is 2.30. The maximum atomic E-state index is 5.57. The summed E-state index contributed by atoms with van der Waals surface area (Å²) in [4.78, 5) is 9.14. The summed E-state index contributed by atoms with van der Waals surface area (Å²) < 4.78 is 0. The molecule has 0 aliphatic heterocycles. The van der Waals surface area contributed by atoms with E-state index in [0.717, 1.165) is 33.3 Å². The van der Waals surface area contributed by atoms with Crippen LogP contribution in [0.4, 0.5) is 0 Å². The maximum Gasteiger partial charge on any atom is 0.186 e. The van der Waals surface area contributed by atoms with Crippen LogP contribution in [-0.2, 0) is 6.54 Å². The summed E-state index contributed by atoms with van der Waals surface area (Å²) in [6.07, 6.45) is 0. The summed E-state index contributed by atoms with van der Waals surface area (Å²) in [5.41, 5.74) is 18.8. The van der Waals surface area contributed by atoms with E-state index in [4.69, 9.17) is 16.5 Å². The standard InChI is InChI=1S/C25H24N4/c1-16-11-21-14-23(29-24(15-28-25(26)27)22(21)12-17(16)2)20-10-6-9-19(13-20)18-7-4-3-5-8-18/h3-14H,15H2,1-2H3,(H4,26,27,28). The molecule has 0 aliphatic rings. The van der Waals surface area contributed by atoms with Gasteiger partial charge >= 0.3 is 0 Å². The first-order valence-corrected chi connectivity index (χ1v) is 9.63. The number of nitrogens with two attached hydrogens (primary N) is 2. The second-order valence-electron chi connectivity index (χ2n) is 7.30. The topological polar surface area (TPSA) is 77.3 Å². The lowest BCUT2D eigenvalue weighted by atomic mass is 9.98. The number of rotatable bonds is 4. The van der Waals surface area contributed by atoms with Crippen molar-refractivity contribution in [3.05, 3.63) is 89.6 Å². The van der Waals surface area contributed by atoms with E-state index >= 15 is 0 Å². The van der Waals surface area contributed by atoms with Crippen molar-refractivity contribution in [2.24, 2.45) is 16.5 Å². The van der Waals surface area contributed by atoms with Crippen molar-refractivity contribution in [2.75, 3.05) is 0 Å². The summed E-state index contributed by atoms with van der Waals surface area (Å²) in [5.74, 6) is 0.0697. The predicted octanol–water partition coefficient (Wildman–Crippen LogP) is 4.96. The Kier molecular flexibility index (Phi) is 5.00. The molecule has 0 bridgehead atoms. The van der Waals surface area contributed by atoms with Crippen LogP contribution in [0.3, 0.4) is 0 Å². The highest BCUT2D eigenvalue weighted by Gasteiger charge is 2.10. The molecule has 0 radical (unpaired) electrons. The van der Waals surface area contributed by atoms with E-state index in [9.17, 15) is 0 Å². The molecule has 0 aliphatic carbocycles. The van der Waals surface area contributed by atoms with Gasteiger partial charge in [-0.05, 0) is 59.7 Å². The molecule has 0 atom stereocenters. The quantitative estimate of drug-likeness (QED) is 0.388. The fraction of sp³-hybridized carbons (Fsp3) is 0.120. The summed E-state index contributed by atoms with van der Waals surface area (Å²) in [7, 11) is 0. The average molecular weight is 380 g/mol. The minimum atomic E-state index is 0.0697. The Morgan fingerprint density at radius 2 is 1.48 bits per heavy atom. The van der Waals surface area contributed by atoms with Gasteiger partial charge in [0.15, 0.2) is 5.96 Å². The number of pyridine rings is 1. The van der Waals surface area contributed by atoms with E-state index in [1.54, 1.807) is 0 Å². The lowest BCUT2D eigenvalue weighted by molar-refractivity contribution is 1.00. The Balaban J connectivity index is 1.88. The number of benzene rings is 3. The molecule has 4 heteroatoms. The van der Waals surface area contributed by atoms with Gasteiger partial charge in [0.2, 0.25) is 0 Å². The Morgan fingerprint density at radius 3 is 2.24 bits per heavy atom. The van der Waals surface area contributed by atoms with Crippen LogP contribution in [0.1, 0.15) is 16.8 Å². The molecule has 3 aromatic carbocycles. The molecular weight excluding hydrogens is 356 g/mol. The molecule has 0 saturated carbocycles. The van der Waals surface area contributed by atoms with Gasteiger partial charge in [0, 0.05) is 10.9 Å². The second kappa shape index (κ2) is 7.76. The Bertz CT molecular complexity index is 1210. The van der Waals surface area contributed by atoms with Crippen molar-refractivity contribution in [3.8, 4) is 22.4 Å². The van der Waals surface area contributed by atoms with Crippen LogP contribution in [0, 0.1) is 13.8 Å². The first kappa shape index (κ1) is 18.7. The molecule has 4 nitrogen and oxygen atoms in total. The lowest BCUT2D eigenvalue weighted by Gasteiger charge is -2.12. The van der Waals surface area contributed by atoms with Gasteiger partial charge in [-0.15, -0.1) is 0 Å². The van der Waals surface area contributed by atoms with E-state index in [1.165, 1.54) is 16.7 Å². The molecule has 1 aromatic heterocycles. The van der Waals surface area contributed by atoms with Crippen molar-refractivity contribution < 1.29 is 0 Å². The summed E-state index contributed by atoms with van der Waals surface area (Å²) in [5, 5.41) is 2.23. The summed E-state index contributed by atoms with van der Waals surface area (Å²) in [6, 6.07) is 25.3. The highest BCUT2D eigenvalue weighted by atomic mass is 15.0. The van der Waals surface area contributed by atoms with Crippen molar-refractivity contribution in [2.45, 2.75) is 20.4 Å². The van der Waals surface area contributed by atoms with Gasteiger partial charge in [-0.3, -0.25) is 4.98 Å². The van der Waals surface area contributed by atoms with Gasteiger partial charge in [0.05, 0.1) is 17.9 Å². The van der Waals surface area contributed by atoms with E-state index in [1.807, 2.05) is 6.07 Å². The van der Waals surface area contributed by atoms with E-state index in [0.29, 0.717) is 6.54 Å². The molecule has 0 saturated heterocycles. The van der Waals surface area contributed by atoms with Crippen LogP contribution < -0.4 is 11.5 Å². The minimum absolute atomic E-state index is 0.0697. The minimum Gasteiger partial charge on any atom is -0.370 e. The van der Waals surface area contributed by atoms with Crippen LogP contribution in [0.25, 0.3) is 33.2 Å². The van der Waals surface area contributed by atoms with E-state index in [2.05, 4.69) is 85.6 Å². The first-order chi connectivity index (χ1) is 14.0. The first-order valence-electron chi connectivity index (χ1n) is 9.63. The maximum absolute atomic E-state index is 5.57. The summed E-state index contributed by atoms with van der Waals surface area (Å²) >= 11 is 0. The molecule has 4 rings (SSSR count). The average Bonchev–Trinajstić information content (AvgIpc) is 2.73. The van der Waals surface area contributed by atoms with Gasteiger partial charge in [-0.2, -0.15) is 0 Å². The summed E-state index contributed by atoms with van der Waals surface area (Å²) in [6.45, 7) is 4.59. The van der Waals surface area contributed by atoms with Crippen molar-refractivity contribution in [1.82, 2.24) is 4.98 Å². The second-order valence-corrected chi connectivity index (χ2v) is 7.30. The number of aliphatic imine (C=N–C) groups is 1. The van der Waals surface area contributed by atoms with Gasteiger partial charge in [0.25, 0.3) is 0 Å². The normalized spacial score (nSPS) is 10.8. The Hall–Kier alpha value is -3.66. The number of hydrogen-bond donors (Lipinski definition) is 2. The number of guanidine groups is 1. The Labute approximate surface area is 170 Å². The van der Waals surface area contributed by atoms with Crippen LogP contribution in [0.2, 0.25) is 0 Å². The van der Waals surface area contributed by atoms with Gasteiger partial charge in [0.1, 0.15) is 0 Å². The van der Waals surface area contributed by atoms with Crippen molar-refractivity contribution in [3.63, 3.8) is 0 Å². The SMILES string of the molecule is Cc1cc2cc(-c3cccc(-c4ccccc4)c3)nc(CN=C(N)N)c2cc1C. The van der Waals surface area contributed by atoms with E-state index < -0.39 is 0 Å². The predicted molar refractivity (Wildman–Crippen MR) is 122 cm³/mol. The molecule has 0 amide bonds. The van der Waals surface area contributed by atoms with Crippen LogP contribution in [-0.4, -0.2) is 10.9 Å². The lowest BCUT2D eigenvalue weighted by Crippen LogP contribution is -2.22. The number of nitrogens with zero attached hydrogens (tertiary/aromatic N) is 2. The molecule has 144 valence electrons. The smallest absolute Gasteiger partial charge is 0.186 e. The van der Waals surface area contributed by atoms with Crippen molar-refractivity contribution in [1.29, 1.82) is 0 Å². The number of aryl methyl sites for hydroxylation is 2. The van der Waals surface area contributed by atoms with Gasteiger partial charge < -0.3 is 11.5 Å². The number of hydrogen-bond acceptors (Lipinski definition) is 2. The molecule has 0 spiro atoms. The molecule has 4 N–H and O–H groups in total.